The summed E-state index contributed by atoms with van der Waals surface area (Å²) in [6.07, 6.45) is 7.75. The Morgan fingerprint density at radius 2 is 1.59 bits per heavy atom. The Balaban J connectivity index is 2.78. The predicted molar refractivity (Wildman–Crippen MR) is 74.8 cm³/mol. The van der Waals surface area contributed by atoms with E-state index in [-0.39, 0.29) is 0 Å². The van der Waals surface area contributed by atoms with Crippen molar-refractivity contribution in [1.29, 1.82) is 0 Å². The van der Waals surface area contributed by atoms with Gasteiger partial charge >= 0.3 is 0 Å². The molecule has 0 aliphatic rings. The van der Waals surface area contributed by atoms with Gasteiger partial charge in [0.05, 0.1) is 7.11 Å². The average Bonchev–Trinajstić information content (AvgIpc) is 2.39. The fourth-order valence-electron chi connectivity index (χ4n) is 2.36. The normalized spacial score (nSPS) is 10.8. The molecule has 96 valence electrons. The van der Waals surface area contributed by atoms with Crippen LogP contribution in [0.3, 0.4) is 0 Å². The third kappa shape index (κ3) is 4.41. The van der Waals surface area contributed by atoms with Gasteiger partial charge in [-0.3, -0.25) is 0 Å². The van der Waals surface area contributed by atoms with Crippen molar-refractivity contribution in [2.24, 2.45) is 0 Å². The summed E-state index contributed by atoms with van der Waals surface area (Å²) >= 11 is 0. The molecular formula is C16H26O. The van der Waals surface area contributed by atoms with E-state index in [9.17, 15) is 0 Å². The van der Waals surface area contributed by atoms with Crippen LogP contribution in [0.5, 0.6) is 5.75 Å². The molecule has 17 heavy (non-hydrogen) atoms. The Bertz CT molecular complexity index is 298. The molecular weight excluding hydrogens is 208 g/mol. The molecule has 0 saturated heterocycles. The van der Waals surface area contributed by atoms with Gasteiger partial charge in [-0.15, -0.1) is 0 Å². The summed E-state index contributed by atoms with van der Waals surface area (Å²) in [5, 5.41) is 0. The number of ether oxygens (including phenoxy) is 1. The van der Waals surface area contributed by atoms with Gasteiger partial charge in [0.15, 0.2) is 0 Å². The van der Waals surface area contributed by atoms with Gasteiger partial charge < -0.3 is 4.74 Å². The van der Waals surface area contributed by atoms with Gasteiger partial charge in [-0.05, 0) is 30.4 Å². The van der Waals surface area contributed by atoms with Crippen LogP contribution in [0.4, 0.5) is 0 Å². The fourth-order valence-corrected chi connectivity index (χ4v) is 2.36. The van der Waals surface area contributed by atoms with E-state index in [0.717, 1.165) is 5.75 Å². The van der Waals surface area contributed by atoms with Crippen molar-refractivity contribution < 1.29 is 4.74 Å². The molecule has 0 N–H and O–H groups in total. The van der Waals surface area contributed by atoms with E-state index < -0.39 is 0 Å². The third-order valence-corrected chi connectivity index (χ3v) is 3.39. The lowest BCUT2D eigenvalue weighted by Gasteiger charge is -2.19. The van der Waals surface area contributed by atoms with E-state index >= 15 is 0 Å². The number of para-hydroxylation sites is 1. The van der Waals surface area contributed by atoms with Gasteiger partial charge in [-0.25, -0.2) is 0 Å². The first-order valence-corrected chi connectivity index (χ1v) is 6.96. The van der Waals surface area contributed by atoms with Crippen LogP contribution in [0.2, 0.25) is 0 Å². The molecule has 0 saturated carbocycles. The zero-order valence-corrected chi connectivity index (χ0v) is 11.5. The maximum atomic E-state index is 5.49. The third-order valence-electron chi connectivity index (χ3n) is 3.39. The molecule has 0 aliphatic carbocycles. The van der Waals surface area contributed by atoms with Crippen molar-refractivity contribution in [3.8, 4) is 5.75 Å². The first-order valence-electron chi connectivity index (χ1n) is 6.96. The van der Waals surface area contributed by atoms with Crippen LogP contribution in [-0.4, -0.2) is 7.11 Å². The zero-order chi connectivity index (χ0) is 12.5. The summed E-state index contributed by atoms with van der Waals surface area (Å²) in [6.45, 7) is 4.53. The van der Waals surface area contributed by atoms with Crippen molar-refractivity contribution in [2.45, 2.75) is 58.3 Å². The number of benzene rings is 1. The van der Waals surface area contributed by atoms with Crippen LogP contribution < -0.4 is 4.74 Å². The Hall–Kier alpha value is -0.980. The van der Waals surface area contributed by atoms with Crippen LogP contribution in [0, 0.1) is 0 Å². The van der Waals surface area contributed by atoms with E-state index in [0.29, 0.717) is 5.92 Å². The highest BCUT2D eigenvalue weighted by molar-refractivity contribution is 5.36. The molecule has 0 unspecified atom stereocenters. The topological polar surface area (TPSA) is 9.23 Å². The van der Waals surface area contributed by atoms with Crippen molar-refractivity contribution in [3.63, 3.8) is 0 Å². The SMILES string of the molecule is CCCCC(CCCC)c1ccccc1OC. The van der Waals surface area contributed by atoms with E-state index in [1.165, 1.54) is 44.1 Å². The van der Waals surface area contributed by atoms with Gasteiger partial charge in [-0.2, -0.15) is 0 Å². The second kappa shape index (κ2) is 8.16. The molecule has 1 aromatic carbocycles. The van der Waals surface area contributed by atoms with Crippen LogP contribution in [-0.2, 0) is 0 Å². The Morgan fingerprint density at radius 1 is 1.00 bits per heavy atom. The Kier molecular flexibility index (Phi) is 6.76. The van der Waals surface area contributed by atoms with Crippen LogP contribution in [0.15, 0.2) is 24.3 Å². The van der Waals surface area contributed by atoms with E-state index in [1.54, 1.807) is 7.11 Å². The van der Waals surface area contributed by atoms with Crippen LogP contribution in [0.1, 0.15) is 63.9 Å². The molecule has 0 atom stereocenters. The highest BCUT2D eigenvalue weighted by atomic mass is 16.5. The predicted octanol–water partition coefficient (Wildman–Crippen LogP) is 5.16. The van der Waals surface area contributed by atoms with Crippen molar-refractivity contribution >= 4 is 0 Å². The molecule has 0 radical (unpaired) electrons. The van der Waals surface area contributed by atoms with Crippen LogP contribution >= 0.6 is 0 Å². The molecule has 1 heteroatoms. The van der Waals surface area contributed by atoms with E-state index in [4.69, 9.17) is 4.74 Å². The lowest BCUT2D eigenvalue weighted by molar-refractivity contribution is 0.399. The molecule has 0 amide bonds. The maximum absolute atomic E-state index is 5.49. The number of unbranched alkanes of at least 4 members (excludes halogenated alkanes) is 2. The van der Waals surface area contributed by atoms with Crippen molar-refractivity contribution in [1.82, 2.24) is 0 Å². The standard InChI is InChI=1S/C16H26O/c1-4-6-10-14(11-7-5-2)15-12-8-9-13-16(15)17-3/h8-9,12-14H,4-7,10-11H2,1-3H3. The highest BCUT2D eigenvalue weighted by Gasteiger charge is 2.14. The molecule has 0 spiro atoms. The molecule has 0 aliphatic heterocycles. The summed E-state index contributed by atoms with van der Waals surface area (Å²) in [4.78, 5) is 0. The molecule has 1 aromatic rings. The van der Waals surface area contributed by atoms with Crippen molar-refractivity contribution in [2.75, 3.05) is 7.11 Å². The summed E-state index contributed by atoms with van der Waals surface area (Å²) in [5.74, 6) is 1.73. The Morgan fingerprint density at radius 3 is 2.12 bits per heavy atom. The van der Waals surface area contributed by atoms with E-state index in [1.807, 2.05) is 0 Å². The average molecular weight is 234 g/mol. The number of hydrogen-bond donors (Lipinski definition) is 0. The fraction of sp³-hybridized carbons (Fsp3) is 0.625. The second-order valence-corrected chi connectivity index (χ2v) is 4.72. The largest absolute Gasteiger partial charge is 0.496 e. The van der Waals surface area contributed by atoms with Crippen LogP contribution in [0.25, 0.3) is 0 Å². The monoisotopic (exact) mass is 234 g/mol. The first-order chi connectivity index (χ1) is 8.33. The zero-order valence-electron chi connectivity index (χ0n) is 11.5. The van der Waals surface area contributed by atoms with Gasteiger partial charge in [-0.1, -0.05) is 57.7 Å². The molecule has 0 bridgehead atoms. The molecule has 1 nitrogen and oxygen atoms in total. The Labute approximate surface area is 106 Å². The minimum Gasteiger partial charge on any atom is -0.496 e. The minimum atomic E-state index is 0.672. The van der Waals surface area contributed by atoms with Gasteiger partial charge in [0, 0.05) is 0 Å². The van der Waals surface area contributed by atoms with Gasteiger partial charge in [0.1, 0.15) is 5.75 Å². The maximum Gasteiger partial charge on any atom is 0.122 e. The molecule has 1 rings (SSSR count). The van der Waals surface area contributed by atoms with Crippen molar-refractivity contribution in [3.05, 3.63) is 29.8 Å². The lowest BCUT2D eigenvalue weighted by atomic mass is 9.88. The number of rotatable bonds is 8. The highest BCUT2D eigenvalue weighted by Crippen LogP contribution is 2.33. The smallest absolute Gasteiger partial charge is 0.122 e. The quantitative estimate of drug-likeness (QED) is 0.603. The second-order valence-electron chi connectivity index (χ2n) is 4.72. The summed E-state index contributed by atoms with van der Waals surface area (Å²) < 4.78 is 5.49. The van der Waals surface area contributed by atoms with E-state index in [2.05, 4.69) is 38.1 Å². The summed E-state index contributed by atoms with van der Waals surface area (Å²) in [5.41, 5.74) is 1.40. The minimum absolute atomic E-state index is 0.672. The molecule has 0 fully saturated rings. The molecule has 0 heterocycles. The number of methoxy groups -OCH3 is 1. The van der Waals surface area contributed by atoms with Gasteiger partial charge in [0.2, 0.25) is 0 Å². The number of hydrogen-bond acceptors (Lipinski definition) is 1. The van der Waals surface area contributed by atoms with Gasteiger partial charge in [0.25, 0.3) is 0 Å². The lowest BCUT2D eigenvalue weighted by Crippen LogP contribution is -2.02. The molecule has 0 aromatic heterocycles. The first kappa shape index (κ1) is 14.1. The summed E-state index contributed by atoms with van der Waals surface area (Å²) in [6, 6.07) is 8.50. The summed E-state index contributed by atoms with van der Waals surface area (Å²) in [7, 11) is 1.77.